The van der Waals surface area contributed by atoms with Crippen LogP contribution < -0.4 is 11.1 Å². The van der Waals surface area contributed by atoms with Crippen LogP contribution in [0.2, 0.25) is 0 Å². The van der Waals surface area contributed by atoms with Crippen LogP contribution in [-0.4, -0.2) is 41.0 Å². The van der Waals surface area contributed by atoms with Gasteiger partial charge in [0.15, 0.2) is 9.84 Å². The number of nitrogens with one attached hydrogen (secondary N) is 1. The molecule has 0 amide bonds. The molecule has 1 aromatic rings. The molecule has 0 saturated carbocycles. The quantitative estimate of drug-likeness (QED) is 0.769. The summed E-state index contributed by atoms with van der Waals surface area (Å²) in [5.41, 5.74) is 6.38. The summed E-state index contributed by atoms with van der Waals surface area (Å²) >= 11 is 0. The maximum atomic E-state index is 11.3. The Balaban J connectivity index is 2.73. The van der Waals surface area contributed by atoms with E-state index in [0.29, 0.717) is 18.0 Å². The third-order valence-corrected chi connectivity index (χ3v) is 3.66. The van der Waals surface area contributed by atoms with Crippen LogP contribution in [0.1, 0.15) is 6.42 Å². The second-order valence-electron chi connectivity index (χ2n) is 4.17. The van der Waals surface area contributed by atoms with Crippen molar-refractivity contribution in [3.05, 3.63) is 24.3 Å². The number of anilines is 1. The van der Waals surface area contributed by atoms with E-state index in [1.807, 2.05) is 0 Å². The van der Waals surface area contributed by atoms with E-state index in [-0.39, 0.29) is 6.04 Å². The molecule has 0 spiro atoms. The molecule has 1 aromatic carbocycles. The first kappa shape index (κ1) is 14.9. The largest absolute Gasteiger partial charge is 0.383 e. The topological polar surface area (TPSA) is 81.4 Å². The van der Waals surface area contributed by atoms with Gasteiger partial charge in [-0.05, 0) is 37.2 Å². The Hall–Kier alpha value is -1.11. The fraction of sp³-hybridized carbons (Fsp3) is 0.500. The molecule has 0 fully saturated rings. The smallest absolute Gasteiger partial charge is 0.175 e. The van der Waals surface area contributed by atoms with Gasteiger partial charge in [-0.2, -0.15) is 0 Å². The molecule has 102 valence electrons. The number of methoxy groups -OCH3 is 1. The predicted octanol–water partition coefficient (Wildman–Crippen LogP) is 0.866. The molecule has 0 aromatic heterocycles. The monoisotopic (exact) mass is 272 g/mol. The number of nitrogens with two attached hydrogens (primary N) is 1. The molecule has 0 radical (unpaired) electrons. The van der Waals surface area contributed by atoms with Crippen molar-refractivity contribution in [3.8, 4) is 0 Å². The molecule has 0 aliphatic carbocycles. The summed E-state index contributed by atoms with van der Waals surface area (Å²) in [4.78, 5) is 0.315. The van der Waals surface area contributed by atoms with Crippen LogP contribution >= 0.6 is 0 Å². The van der Waals surface area contributed by atoms with E-state index in [0.717, 1.165) is 12.1 Å². The molecule has 18 heavy (non-hydrogen) atoms. The summed E-state index contributed by atoms with van der Waals surface area (Å²) in [5, 5.41) is 3.26. The Labute approximate surface area is 108 Å². The Kier molecular flexibility index (Phi) is 5.58. The van der Waals surface area contributed by atoms with Crippen molar-refractivity contribution in [1.82, 2.24) is 0 Å². The highest BCUT2D eigenvalue weighted by molar-refractivity contribution is 7.90. The second kappa shape index (κ2) is 6.72. The van der Waals surface area contributed by atoms with Gasteiger partial charge >= 0.3 is 0 Å². The van der Waals surface area contributed by atoms with Crippen molar-refractivity contribution in [1.29, 1.82) is 0 Å². The Morgan fingerprint density at radius 3 is 2.39 bits per heavy atom. The van der Waals surface area contributed by atoms with E-state index >= 15 is 0 Å². The lowest BCUT2D eigenvalue weighted by molar-refractivity contribution is 0.183. The average molecular weight is 272 g/mol. The minimum atomic E-state index is -3.14. The minimum Gasteiger partial charge on any atom is -0.383 e. The van der Waals surface area contributed by atoms with E-state index in [4.69, 9.17) is 10.5 Å². The lowest BCUT2D eigenvalue weighted by atomic mass is 10.2. The van der Waals surface area contributed by atoms with Gasteiger partial charge in [-0.25, -0.2) is 8.42 Å². The third-order valence-electron chi connectivity index (χ3n) is 2.54. The highest BCUT2D eigenvalue weighted by Gasteiger charge is 2.09. The first-order chi connectivity index (χ1) is 8.47. The molecule has 1 rings (SSSR count). The van der Waals surface area contributed by atoms with E-state index in [1.165, 1.54) is 6.26 Å². The lowest BCUT2D eigenvalue weighted by Crippen LogP contribution is -2.27. The maximum Gasteiger partial charge on any atom is 0.175 e. The zero-order valence-electron chi connectivity index (χ0n) is 10.7. The highest BCUT2D eigenvalue weighted by atomic mass is 32.2. The fourth-order valence-electron chi connectivity index (χ4n) is 1.63. The zero-order valence-corrected chi connectivity index (χ0v) is 11.5. The van der Waals surface area contributed by atoms with Gasteiger partial charge in [-0.15, -0.1) is 0 Å². The van der Waals surface area contributed by atoms with Gasteiger partial charge in [-0.1, -0.05) is 0 Å². The number of benzene rings is 1. The first-order valence-electron chi connectivity index (χ1n) is 5.73. The van der Waals surface area contributed by atoms with E-state index in [1.54, 1.807) is 31.4 Å². The van der Waals surface area contributed by atoms with Gasteiger partial charge in [0.2, 0.25) is 0 Å². The lowest BCUT2D eigenvalue weighted by Gasteiger charge is -2.18. The molecule has 3 N–H and O–H groups in total. The van der Waals surface area contributed by atoms with Gasteiger partial charge < -0.3 is 15.8 Å². The molecule has 1 atom stereocenters. The molecule has 0 aliphatic rings. The maximum absolute atomic E-state index is 11.3. The molecule has 0 bridgehead atoms. The van der Waals surface area contributed by atoms with Gasteiger partial charge in [0, 0.05) is 19.1 Å². The van der Waals surface area contributed by atoms with Crippen LogP contribution in [0.5, 0.6) is 0 Å². The molecule has 5 nitrogen and oxygen atoms in total. The number of hydrogen-bond donors (Lipinski definition) is 2. The number of rotatable bonds is 7. The molecule has 6 heteroatoms. The van der Waals surface area contributed by atoms with Gasteiger partial charge in [-0.3, -0.25) is 0 Å². The van der Waals surface area contributed by atoms with Crippen LogP contribution in [0.4, 0.5) is 5.69 Å². The first-order valence-corrected chi connectivity index (χ1v) is 7.62. The van der Waals surface area contributed by atoms with Gasteiger partial charge in [0.25, 0.3) is 0 Å². The Morgan fingerprint density at radius 1 is 1.33 bits per heavy atom. The van der Waals surface area contributed by atoms with Gasteiger partial charge in [0.05, 0.1) is 17.5 Å². The van der Waals surface area contributed by atoms with Gasteiger partial charge in [0.1, 0.15) is 0 Å². The fourth-order valence-corrected chi connectivity index (χ4v) is 2.26. The standard InChI is InChI=1S/C12H20N2O3S/c1-17-9-11(7-8-13)14-10-3-5-12(6-4-10)18(2,15)16/h3-6,11,14H,7-9,13H2,1-2H3. The van der Waals surface area contributed by atoms with Crippen molar-refractivity contribution >= 4 is 15.5 Å². The molecular weight excluding hydrogens is 252 g/mol. The highest BCUT2D eigenvalue weighted by Crippen LogP contribution is 2.15. The minimum absolute atomic E-state index is 0.129. The predicted molar refractivity (Wildman–Crippen MR) is 72.5 cm³/mol. The number of ether oxygens (including phenoxy) is 1. The van der Waals surface area contributed by atoms with Crippen molar-refractivity contribution in [2.75, 3.05) is 31.8 Å². The van der Waals surface area contributed by atoms with Crippen molar-refractivity contribution in [2.45, 2.75) is 17.4 Å². The van der Waals surface area contributed by atoms with Crippen LogP contribution in [0.3, 0.4) is 0 Å². The SMILES string of the molecule is COCC(CCN)Nc1ccc(S(C)(=O)=O)cc1. The van der Waals surface area contributed by atoms with E-state index in [9.17, 15) is 8.42 Å². The van der Waals surface area contributed by atoms with Crippen molar-refractivity contribution < 1.29 is 13.2 Å². The summed E-state index contributed by atoms with van der Waals surface area (Å²) in [6.07, 6.45) is 1.99. The second-order valence-corrected chi connectivity index (χ2v) is 6.19. The van der Waals surface area contributed by atoms with E-state index in [2.05, 4.69) is 5.32 Å². The summed E-state index contributed by atoms with van der Waals surface area (Å²) in [6, 6.07) is 6.79. The summed E-state index contributed by atoms with van der Waals surface area (Å²) < 4.78 is 27.7. The molecule has 0 heterocycles. The third kappa shape index (κ3) is 4.64. The molecule has 0 saturated heterocycles. The zero-order chi connectivity index (χ0) is 13.6. The summed E-state index contributed by atoms with van der Waals surface area (Å²) in [6.45, 7) is 1.13. The van der Waals surface area contributed by atoms with E-state index < -0.39 is 9.84 Å². The Bertz CT molecular complexity index is 451. The van der Waals surface area contributed by atoms with Crippen LogP contribution in [-0.2, 0) is 14.6 Å². The van der Waals surface area contributed by atoms with Crippen LogP contribution in [0, 0.1) is 0 Å². The van der Waals surface area contributed by atoms with Crippen LogP contribution in [0.15, 0.2) is 29.2 Å². The number of hydrogen-bond acceptors (Lipinski definition) is 5. The van der Waals surface area contributed by atoms with Crippen molar-refractivity contribution in [2.24, 2.45) is 5.73 Å². The van der Waals surface area contributed by atoms with Crippen LogP contribution in [0.25, 0.3) is 0 Å². The summed E-state index contributed by atoms with van der Waals surface area (Å²) in [7, 11) is -1.50. The summed E-state index contributed by atoms with van der Waals surface area (Å²) in [5.74, 6) is 0. The molecule has 0 aliphatic heterocycles. The average Bonchev–Trinajstić information content (AvgIpc) is 2.29. The number of sulfone groups is 1. The molecular formula is C12H20N2O3S. The van der Waals surface area contributed by atoms with Crippen molar-refractivity contribution in [3.63, 3.8) is 0 Å². The Morgan fingerprint density at radius 2 is 1.94 bits per heavy atom. The normalized spacial score (nSPS) is 13.3. The molecule has 1 unspecified atom stereocenters.